The third kappa shape index (κ3) is 2.68. The van der Waals surface area contributed by atoms with E-state index < -0.39 is 0 Å². The van der Waals surface area contributed by atoms with E-state index in [9.17, 15) is 4.79 Å². The number of carbonyl (C=O) groups is 1. The number of hydrogen-bond donors (Lipinski definition) is 0. The SMILES string of the molecule is O=CCSN1CCOCC1. The van der Waals surface area contributed by atoms with Crippen LogP contribution in [0.3, 0.4) is 0 Å². The van der Waals surface area contributed by atoms with Crippen molar-refractivity contribution >= 4 is 18.2 Å². The summed E-state index contributed by atoms with van der Waals surface area (Å²) in [6.45, 7) is 3.48. The summed E-state index contributed by atoms with van der Waals surface area (Å²) in [4.78, 5) is 9.97. The van der Waals surface area contributed by atoms with Crippen LogP contribution in [0.4, 0.5) is 0 Å². The standard InChI is InChI=1S/C6H11NO2S/c8-3-6-10-7-1-4-9-5-2-7/h3H,1-2,4-6H2. The Kier molecular flexibility index (Phi) is 3.79. The average Bonchev–Trinajstić information content (AvgIpc) is 2.03. The summed E-state index contributed by atoms with van der Waals surface area (Å²) in [5.41, 5.74) is 0. The molecule has 4 heteroatoms. The van der Waals surface area contributed by atoms with Crippen LogP contribution in [0.15, 0.2) is 0 Å². The lowest BCUT2D eigenvalue weighted by Gasteiger charge is -2.24. The number of hydrogen-bond acceptors (Lipinski definition) is 4. The van der Waals surface area contributed by atoms with Gasteiger partial charge < -0.3 is 9.53 Å². The van der Waals surface area contributed by atoms with E-state index in [1.165, 1.54) is 0 Å². The maximum absolute atomic E-state index is 9.97. The summed E-state index contributed by atoms with van der Waals surface area (Å²) in [6.07, 6.45) is 0.931. The Balaban J connectivity index is 2.07. The molecule has 1 aliphatic rings. The number of ether oxygens (including phenoxy) is 1. The van der Waals surface area contributed by atoms with Crippen molar-refractivity contribution in [1.29, 1.82) is 0 Å². The van der Waals surface area contributed by atoms with Gasteiger partial charge in [0.2, 0.25) is 0 Å². The number of nitrogens with zero attached hydrogens (tertiary/aromatic N) is 1. The first-order valence-corrected chi connectivity index (χ1v) is 4.27. The van der Waals surface area contributed by atoms with Crippen molar-refractivity contribution in [1.82, 2.24) is 4.31 Å². The Morgan fingerprint density at radius 3 is 2.80 bits per heavy atom. The third-order valence-electron chi connectivity index (χ3n) is 1.30. The molecule has 1 aliphatic heterocycles. The molecule has 0 bridgehead atoms. The topological polar surface area (TPSA) is 29.5 Å². The van der Waals surface area contributed by atoms with Gasteiger partial charge in [-0.05, 0) is 0 Å². The van der Waals surface area contributed by atoms with Gasteiger partial charge >= 0.3 is 0 Å². The number of rotatable bonds is 3. The van der Waals surface area contributed by atoms with E-state index in [-0.39, 0.29) is 0 Å². The molecule has 0 aromatic carbocycles. The van der Waals surface area contributed by atoms with E-state index in [1.807, 2.05) is 0 Å². The van der Waals surface area contributed by atoms with E-state index in [2.05, 4.69) is 4.31 Å². The van der Waals surface area contributed by atoms with Crippen LogP contribution in [0.5, 0.6) is 0 Å². The molecule has 1 saturated heterocycles. The van der Waals surface area contributed by atoms with E-state index in [0.29, 0.717) is 5.75 Å². The van der Waals surface area contributed by atoms with Gasteiger partial charge in [-0.3, -0.25) is 0 Å². The highest BCUT2D eigenvalue weighted by atomic mass is 32.2. The van der Waals surface area contributed by atoms with Gasteiger partial charge in [-0.25, -0.2) is 4.31 Å². The Morgan fingerprint density at radius 2 is 2.20 bits per heavy atom. The largest absolute Gasteiger partial charge is 0.379 e. The first-order chi connectivity index (χ1) is 4.93. The van der Waals surface area contributed by atoms with Gasteiger partial charge in [0, 0.05) is 13.1 Å². The van der Waals surface area contributed by atoms with Gasteiger partial charge in [-0.1, -0.05) is 11.9 Å². The molecule has 1 heterocycles. The minimum absolute atomic E-state index is 0.569. The van der Waals surface area contributed by atoms with E-state index >= 15 is 0 Å². The lowest BCUT2D eigenvalue weighted by atomic mass is 10.5. The number of aldehydes is 1. The van der Waals surface area contributed by atoms with Crippen LogP contribution in [-0.4, -0.2) is 42.6 Å². The predicted molar refractivity (Wildman–Crippen MR) is 40.9 cm³/mol. The van der Waals surface area contributed by atoms with Crippen molar-refractivity contribution < 1.29 is 9.53 Å². The molecule has 10 heavy (non-hydrogen) atoms. The second kappa shape index (κ2) is 4.71. The first-order valence-electron chi connectivity index (χ1n) is 3.33. The Hall–Kier alpha value is -0.0600. The lowest BCUT2D eigenvalue weighted by molar-refractivity contribution is -0.105. The maximum Gasteiger partial charge on any atom is 0.131 e. The Labute approximate surface area is 64.9 Å². The van der Waals surface area contributed by atoms with Gasteiger partial charge in [0.05, 0.1) is 19.0 Å². The van der Waals surface area contributed by atoms with Crippen LogP contribution in [0, 0.1) is 0 Å². The third-order valence-corrected chi connectivity index (χ3v) is 2.31. The molecule has 0 atom stereocenters. The van der Waals surface area contributed by atoms with Crippen molar-refractivity contribution in [3.8, 4) is 0 Å². The molecule has 58 valence electrons. The molecule has 0 radical (unpaired) electrons. The van der Waals surface area contributed by atoms with Crippen LogP contribution >= 0.6 is 11.9 Å². The normalized spacial score (nSPS) is 20.8. The lowest BCUT2D eigenvalue weighted by Crippen LogP contribution is -2.31. The fraction of sp³-hybridized carbons (Fsp3) is 0.833. The maximum atomic E-state index is 9.97. The van der Waals surface area contributed by atoms with Crippen molar-refractivity contribution in [3.63, 3.8) is 0 Å². The molecule has 0 aromatic rings. The number of carbonyl (C=O) groups excluding carboxylic acids is 1. The molecule has 1 fully saturated rings. The molecular weight excluding hydrogens is 150 g/mol. The first kappa shape index (κ1) is 8.04. The highest BCUT2D eigenvalue weighted by Gasteiger charge is 2.09. The molecule has 0 saturated carbocycles. The molecule has 3 nitrogen and oxygen atoms in total. The predicted octanol–water partition coefficient (Wildman–Crippen LogP) is 0.166. The zero-order chi connectivity index (χ0) is 7.23. The fourth-order valence-electron chi connectivity index (χ4n) is 0.812. The summed E-state index contributed by atoms with van der Waals surface area (Å²) in [6, 6.07) is 0. The average molecular weight is 161 g/mol. The van der Waals surface area contributed by atoms with Crippen molar-refractivity contribution in [2.24, 2.45) is 0 Å². The highest BCUT2D eigenvalue weighted by molar-refractivity contribution is 7.97. The van der Waals surface area contributed by atoms with Gasteiger partial charge in [0.15, 0.2) is 0 Å². The van der Waals surface area contributed by atoms with E-state index in [1.54, 1.807) is 11.9 Å². The summed E-state index contributed by atoms with van der Waals surface area (Å²) < 4.78 is 7.30. The zero-order valence-corrected chi connectivity index (χ0v) is 6.60. The smallest absolute Gasteiger partial charge is 0.131 e. The number of morpholine rings is 1. The van der Waals surface area contributed by atoms with Crippen LogP contribution in [0.25, 0.3) is 0 Å². The molecule has 0 N–H and O–H groups in total. The van der Waals surface area contributed by atoms with Crippen molar-refractivity contribution in [3.05, 3.63) is 0 Å². The molecule has 0 spiro atoms. The van der Waals surface area contributed by atoms with Crippen LogP contribution in [-0.2, 0) is 9.53 Å². The van der Waals surface area contributed by atoms with Gasteiger partial charge in [0.1, 0.15) is 6.29 Å². The summed E-state index contributed by atoms with van der Waals surface area (Å²) in [5, 5.41) is 0. The Bertz CT molecular complexity index is 104. The van der Waals surface area contributed by atoms with Crippen molar-refractivity contribution in [2.45, 2.75) is 0 Å². The molecule has 0 aromatic heterocycles. The molecule has 0 unspecified atom stereocenters. The van der Waals surface area contributed by atoms with Crippen molar-refractivity contribution in [2.75, 3.05) is 32.1 Å². The molecule has 1 rings (SSSR count). The van der Waals surface area contributed by atoms with Gasteiger partial charge in [-0.2, -0.15) is 0 Å². The molecular formula is C6H11NO2S. The fourth-order valence-corrected chi connectivity index (χ4v) is 1.49. The molecule has 0 amide bonds. The van der Waals surface area contributed by atoms with E-state index in [4.69, 9.17) is 4.74 Å². The van der Waals surface area contributed by atoms with Crippen LogP contribution in [0.2, 0.25) is 0 Å². The van der Waals surface area contributed by atoms with E-state index in [0.717, 1.165) is 32.6 Å². The zero-order valence-electron chi connectivity index (χ0n) is 5.78. The summed E-state index contributed by atoms with van der Waals surface area (Å²) >= 11 is 1.58. The monoisotopic (exact) mass is 161 g/mol. The molecule has 0 aliphatic carbocycles. The minimum atomic E-state index is 0.569. The van der Waals surface area contributed by atoms with Gasteiger partial charge in [-0.15, -0.1) is 0 Å². The minimum Gasteiger partial charge on any atom is -0.379 e. The van der Waals surface area contributed by atoms with Crippen LogP contribution < -0.4 is 0 Å². The second-order valence-corrected chi connectivity index (χ2v) is 3.11. The van der Waals surface area contributed by atoms with Gasteiger partial charge in [0.25, 0.3) is 0 Å². The summed E-state index contributed by atoms with van der Waals surface area (Å²) in [5.74, 6) is 0.569. The highest BCUT2D eigenvalue weighted by Crippen LogP contribution is 2.09. The second-order valence-electron chi connectivity index (χ2n) is 2.00. The van der Waals surface area contributed by atoms with Crippen LogP contribution in [0.1, 0.15) is 0 Å². The summed E-state index contributed by atoms with van der Waals surface area (Å²) in [7, 11) is 0. The quantitative estimate of drug-likeness (QED) is 0.436. The Morgan fingerprint density at radius 1 is 1.50 bits per heavy atom.